The summed E-state index contributed by atoms with van der Waals surface area (Å²) >= 11 is 0. The van der Waals surface area contributed by atoms with Crippen molar-refractivity contribution in [2.75, 3.05) is 17.2 Å². The Hall–Kier alpha value is -2.83. The lowest BCUT2D eigenvalue weighted by molar-refractivity contribution is -0.118. The molecule has 0 fully saturated rings. The van der Waals surface area contributed by atoms with E-state index < -0.39 is 11.2 Å². The zero-order chi connectivity index (χ0) is 20.0. The Morgan fingerprint density at radius 2 is 1.89 bits per heavy atom. The minimum atomic E-state index is -0.632. The van der Waals surface area contributed by atoms with E-state index in [4.69, 9.17) is 5.73 Å². The molecule has 1 heterocycles. The van der Waals surface area contributed by atoms with E-state index in [0.717, 1.165) is 18.4 Å². The Morgan fingerprint density at radius 3 is 2.48 bits per heavy atom. The topological polar surface area (TPSA) is 101 Å². The van der Waals surface area contributed by atoms with Gasteiger partial charge in [-0.25, -0.2) is 4.79 Å². The van der Waals surface area contributed by atoms with Crippen LogP contribution in [-0.4, -0.2) is 22.0 Å². The van der Waals surface area contributed by atoms with Gasteiger partial charge >= 0.3 is 5.69 Å². The lowest BCUT2D eigenvalue weighted by Crippen LogP contribution is -2.41. The zero-order valence-corrected chi connectivity index (χ0v) is 16.2. The van der Waals surface area contributed by atoms with Gasteiger partial charge in [0.1, 0.15) is 5.82 Å². The molecule has 0 radical (unpaired) electrons. The molecule has 1 aromatic carbocycles. The highest BCUT2D eigenvalue weighted by molar-refractivity contribution is 5.95. The molecule has 0 aliphatic rings. The molecule has 3 N–H and O–H groups in total. The van der Waals surface area contributed by atoms with Gasteiger partial charge in [-0.15, -0.1) is 0 Å². The predicted octanol–water partition coefficient (Wildman–Crippen LogP) is 2.47. The molecule has 0 bridgehead atoms. The summed E-state index contributed by atoms with van der Waals surface area (Å²) in [6.45, 7) is 6.44. The number of benzene rings is 1. The number of rotatable bonds is 8. The SMILES string of the molecule is CCCCn1c(N)c(N(CC)C(=O)CC(C)c2ccccc2)c(=O)[nH]c1=O. The molecular weight excluding hydrogens is 344 g/mol. The number of aromatic amines is 1. The van der Waals surface area contributed by atoms with Crippen LogP contribution in [0.15, 0.2) is 39.9 Å². The second kappa shape index (κ2) is 9.21. The largest absolute Gasteiger partial charge is 0.383 e. The molecule has 27 heavy (non-hydrogen) atoms. The molecule has 2 rings (SSSR count). The average molecular weight is 372 g/mol. The Morgan fingerprint density at radius 1 is 1.22 bits per heavy atom. The molecule has 2 aromatic rings. The second-order valence-electron chi connectivity index (χ2n) is 6.65. The first-order valence-corrected chi connectivity index (χ1v) is 9.38. The predicted molar refractivity (Wildman–Crippen MR) is 108 cm³/mol. The summed E-state index contributed by atoms with van der Waals surface area (Å²) in [5.74, 6) is -0.162. The van der Waals surface area contributed by atoms with Crippen LogP contribution in [0, 0.1) is 0 Å². The summed E-state index contributed by atoms with van der Waals surface area (Å²) in [5, 5.41) is 0. The number of carbonyl (C=O) groups is 1. The first-order chi connectivity index (χ1) is 12.9. The number of amides is 1. The summed E-state index contributed by atoms with van der Waals surface area (Å²) in [6, 6.07) is 9.73. The summed E-state index contributed by atoms with van der Waals surface area (Å²) in [5.41, 5.74) is 6.06. The van der Waals surface area contributed by atoms with E-state index in [9.17, 15) is 14.4 Å². The molecule has 1 atom stereocenters. The molecule has 1 amide bonds. The van der Waals surface area contributed by atoms with Crippen molar-refractivity contribution in [1.82, 2.24) is 9.55 Å². The van der Waals surface area contributed by atoms with Gasteiger partial charge in [-0.2, -0.15) is 0 Å². The number of nitrogens with two attached hydrogens (primary N) is 1. The van der Waals surface area contributed by atoms with Crippen LogP contribution in [0.3, 0.4) is 0 Å². The Kier molecular flexibility index (Phi) is 6.98. The number of hydrogen-bond donors (Lipinski definition) is 2. The van der Waals surface area contributed by atoms with E-state index in [0.29, 0.717) is 13.1 Å². The maximum absolute atomic E-state index is 12.9. The first-order valence-electron chi connectivity index (χ1n) is 9.38. The smallest absolute Gasteiger partial charge is 0.330 e. The lowest BCUT2D eigenvalue weighted by atomic mass is 9.97. The van der Waals surface area contributed by atoms with Gasteiger partial charge in [-0.1, -0.05) is 50.6 Å². The summed E-state index contributed by atoms with van der Waals surface area (Å²) in [6.07, 6.45) is 1.87. The number of anilines is 2. The van der Waals surface area contributed by atoms with E-state index in [-0.39, 0.29) is 29.8 Å². The Labute approximate surface area is 158 Å². The molecular formula is C20H28N4O3. The second-order valence-corrected chi connectivity index (χ2v) is 6.65. The van der Waals surface area contributed by atoms with Crippen LogP contribution in [-0.2, 0) is 11.3 Å². The quantitative estimate of drug-likeness (QED) is 0.743. The highest BCUT2D eigenvalue weighted by Crippen LogP contribution is 2.23. The van der Waals surface area contributed by atoms with E-state index >= 15 is 0 Å². The Bertz CT molecular complexity index is 886. The third-order valence-corrected chi connectivity index (χ3v) is 4.69. The molecule has 0 saturated heterocycles. The van der Waals surface area contributed by atoms with E-state index in [1.165, 1.54) is 9.47 Å². The van der Waals surface area contributed by atoms with Crippen LogP contribution >= 0.6 is 0 Å². The monoisotopic (exact) mass is 372 g/mol. The number of aromatic nitrogens is 2. The van der Waals surface area contributed by atoms with Crippen molar-refractivity contribution in [2.45, 2.75) is 52.5 Å². The van der Waals surface area contributed by atoms with Crippen LogP contribution in [0.2, 0.25) is 0 Å². The van der Waals surface area contributed by atoms with Crippen molar-refractivity contribution in [1.29, 1.82) is 0 Å². The van der Waals surface area contributed by atoms with E-state index in [2.05, 4.69) is 4.98 Å². The van der Waals surface area contributed by atoms with Gasteiger partial charge in [0.15, 0.2) is 5.69 Å². The van der Waals surface area contributed by atoms with Crippen LogP contribution in [0.25, 0.3) is 0 Å². The van der Waals surface area contributed by atoms with Crippen LogP contribution in [0.4, 0.5) is 11.5 Å². The Balaban J connectivity index is 2.34. The molecule has 7 heteroatoms. The first kappa shape index (κ1) is 20.5. The van der Waals surface area contributed by atoms with Gasteiger partial charge < -0.3 is 10.6 Å². The van der Waals surface area contributed by atoms with Crippen molar-refractivity contribution >= 4 is 17.4 Å². The highest BCUT2D eigenvalue weighted by atomic mass is 16.2. The summed E-state index contributed by atoms with van der Waals surface area (Å²) < 4.78 is 1.33. The van der Waals surface area contributed by atoms with Crippen LogP contribution < -0.4 is 21.9 Å². The molecule has 146 valence electrons. The highest BCUT2D eigenvalue weighted by Gasteiger charge is 2.24. The number of hydrogen-bond acceptors (Lipinski definition) is 4. The average Bonchev–Trinajstić information content (AvgIpc) is 2.65. The molecule has 0 saturated carbocycles. The van der Waals surface area contributed by atoms with Crippen molar-refractivity contribution in [3.63, 3.8) is 0 Å². The van der Waals surface area contributed by atoms with E-state index in [1.807, 2.05) is 44.2 Å². The van der Waals surface area contributed by atoms with E-state index in [1.54, 1.807) is 6.92 Å². The molecule has 0 aliphatic carbocycles. The minimum absolute atomic E-state index is 0.000877. The number of nitrogen functional groups attached to an aromatic ring is 1. The van der Waals surface area contributed by atoms with Crippen molar-refractivity contribution in [3.05, 3.63) is 56.7 Å². The molecule has 0 spiro atoms. The lowest BCUT2D eigenvalue weighted by Gasteiger charge is -2.24. The third kappa shape index (κ3) is 4.67. The van der Waals surface area contributed by atoms with Crippen molar-refractivity contribution < 1.29 is 4.79 Å². The van der Waals surface area contributed by atoms with Gasteiger partial charge in [-0.3, -0.25) is 19.1 Å². The summed E-state index contributed by atoms with van der Waals surface area (Å²) in [4.78, 5) is 41.1. The molecule has 7 nitrogen and oxygen atoms in total. The standard InChI is InChI=1S/C20H28N4O3/c1-4-6-12-24-18(21)17(19(26)22-20(24)27)23(5-2)16(25)13-14(3)15-10-8-7-9-11-15/h7-11,14H,4-6,12-13,21H2,1-3H3,(H,22,26,27). The van der Waals surface area contributed by atoms with Gasteiger partial charge in [0.25, 0.3) is 5.56 Å². The number of nitrogens with zero attached hydrogens (tertiary/aromatic N) is 2. The molecule has 1 unspecified atom stereocenters. The maximum atomic E-state index is 12.9. The van der Waals surface area contributed by atoms with Crippen LogP contribution in [0.5, 0.6) is 0 Å². The fourth-order valence-electron chi connectivity index (χ4n) is 3.11. The van der Waals surface area contributed by atoms with Crippen molar-refractivity contribution in [3.8, 4) is 0 Å². The third-order valence-electron chi connectivity index (χ3n) is 4.69. The molecule has 0 aliphatic heterocycles. The normalized spacial score (nSPS) is 12.0. The fourth-order valence-corrected chi connectivity index (χ4v) is 3.11. The summed E-state index contributed by atoms with van der Waals surface area (Å²) in [7, 11) is 0. The number of unbranched alkanes of at least 4 members (excludes halogenated alkanes) is 1. The maximum Gasteiger partial charge on any atom is 0.330 e. The van der Waals surface area contributed by atoms with Crippen molar-refractivity contribution in [2.24, 2.45) is 0 Å². The number of carbonyl (C=O) groups excluding carboxylic acids is 1. The number of H-pyrrole nitrogens is 1. The molecule has 1 aromatic heterocycles. The number of nitrogens with one attached hydrogen (secondary N) is 1. The van der Waals surface area contributed by atoms with Gasteiger partial charge in [0, 0.05) is 19.5 Å². The van der Waals surface area contributed by atoms with Crippen LogP contribution in [0.1, 0.15) is 51.5 Å². The fraction of sp³-hybridized carbons (Fsp3) is 0.450. The van der Waals surface area contributed by atoms with Gasteiger partial charge in [0.2, 0.25) is 5.91 Å². The van der Waals surface area contributed by atoms with Gasteiger partial charge in [-0.05, 0) is 24.8 Å². The zero-order valence-electron chi connectivity index (χ0n) is 16.2. The van der Waals surface area contributed by atoms with Gasteiger partial charge in [0.05, 0.1) is 0 Å². The minimum Gasteiger partial charge on any atom is -0.383 e.